The first kappa shape index (κ1) is 6.51. The molecule has 4 nitrogen and oxygen atoms in total. The van der Waals surface area contributed by atoms with Crippen molar-refractivity contribution in [3.63, 3.8) is 0 Å². The Kier molecular flexibility index (Phi) is 2.02. The highest BCUT2D eigenvalue weighted by atomic mass is 16.1. The van der Waals surface area contributed by atoms with Crippen molar-refractivity contribution in [2.45, 2.75) is 12.5 Å². The molecule has 1 unspecified atom stereocenters. The Morgan fingerprint density at radius 3 is 3.00 bits per heavy atom. The molecule has 0 saturated carbocycles. The lowest BCUT2D eigenvalue weighted by Gasteiger charge is -2.03. The summed E-state index contributed by atoms with van der Waals surface area (Å²) in [5.74, 6) is -0.240. The van der Waals surface area contributed by atoms with Gasteiger partial charge in [-0.15, -0.1) is 0 Å². The Morgan fingerprint density at radius 2 is 2.56 bits per heavy atom. The fraction of sp³-hybridized carbons (Fsp3) is 0.800. The maximum absolute atomic E-state index is 10.3. The van der Waals surface area contributed by atoms with Crippen molar-refractivity contribution < 1.29 is 4.79 Å². The van der Waals surface area contributed by atoms with E-state index in [1.165, 1.54) is 0 Å². The third-order valence-corrected chi connectivity index (χ3v) is 1.35. The second-order valence-electron chi connectivity index (χ2n) is 2.20. The molecule has 4 heteroatoms. The smallest absolute Gasteiger partial charge is 0.219 e. The zero-order chi connectivity index (χ0) is 6.69. The topological polar surface area (TPSA) is 67.2 Å². The van der Waals surface area contributed by atoms with Crippen molar-refractivity contribution in [1.29, 1.82) is 0 Å². The van der Waals surface area contributed by atoms with Crippen LogP contribution in [-0.4, -0.2) is 25.2 Å². The first-order chi connectivity index (χ1) is 4.29. The minimum absolute atomic E-state index is 0.240. The zero-order valence-corrected chi connectivity index (χ0v) is 5.18. The van der Waals surface area contributed by atoms with Gasteiger partial charge in [0, 0.05) is 25.7 Å². The molecule has 0 aromatic rings. The van der Waals surface area contributed by atoms with Crippen LogP contribution in [0.25, 0.3) is 0 Å². The van der Waals surface area contributed by atoms with Crippen molar-refractivity contribution in [3.05, 3.63) is 0 Å². The molecular weight excluding hydrogens is 118 g/mol. The van der Waals surface area contributed by atoms with Gasteiger partial charge in [0.2, 0.25) is 5.91 Å². The Bertz CT molecular complexity index is 109. The van der Waals surface area contributed by atoms with Crippen LogP contribution in [0.1, 0.15) is 6.42 Å². The van der Waals surface area contributed by atoms with Gasteiger partial charge in [0.25, 0.3) is 0 Å². The summed E-state index contributed by atoms with van der Waals surface area (Å²) in [4.78, 5) is 10.3. The molecular formula is C5H11N3O. The number of nitrogens with one attached hydrogen (secondary N) is 2. The molecule has 0 aromatic heterocycles. The number of rotatable bonds is 2. The monoisotopic (exact) mass is 129 g/mol. The SMILES string of the molecule is NC(=O)CC1CNCN1. The zero-order valence-electron chi connectivity index (χ0n) is 5.18. The number of hydrogen-bond donors (Lipinski definition) is 3. The summed E-state index contributed by atoms with van der Waals surface area (Å²) < 4.78 is 0. The van der Waals surface area contributed by atoms with Crippen LogP contribution in [0, 0.1) is 0 Å². The van der Waals surface area contributed by atoms with Gasteiger partial charge in [0.1, 0.15) is 0 Å². The van der Waals surface area contributed by atoms with Gasteiger partial charge in [-0.2, -0.15) is 0 Å². The average molecular weight is 129 g/mol. The minimum atomic E-state index is -0.240. The summed E-state index contributed by atoms with van der Waals surface area (Å²) in [6.07, 6.45) is 0.438. The maximum Gasteiger partial charge on any atom is 0.219 e. The van der Waals surface area contributed by atoms with E-state index in [1.54, 1.807) is 0 Å². The van der Waals surface area contributed by atoms with Gasteiger partial charge in [-0.05, 0) is 0 Å². The van der Waals surface area contributed by atoms with Crippen molar-refractivity contribution in [3.8, 4) is 0 Å². The van der Waals surface area contributed by atoms with E-state index >= 15 is 0 Å². The number of nitrogens with two attached hydrogens (primary N) is 1. The van der Waals surface area contributed by atoms with E-state index in [2.05, 4.69) is 10.6 Å². The number of carbonyl (C=O) groups excluding carboxylic acids is 1. The summed E-state index contributed by atoms with van der Waals surface area (Å²) >= 11 is 0. The van der Waals surface area contributed by atoms with Crippen LogP contribution in [-0.2, 0) is 4.79 Å². The summed E-state index contributed by atoms with van der Waals surface area (Å²) in [5, 5.41) is 6.13. The van der Waals surface area contributed by atoms with E-state index in [0.29, 0.717) is 6.42 Å². The number of carbonyl (C=O) groups is 1. The molecule has 0 spiro atoms. The molecule has 4 N–H and O–H groups in total. The molecule has 1 rings (SSSR count). The van der Waals surface area contributed by atoms with Gasteiger partial charge in [-0.3, -0.25) is 10.1 Å². The standard InChI is InChI=1S/C5H11N3O/c6-5(9)1-4-2-7-3-8-4/h4,7-8H,1-3H2,(H2,6,9). The molecule has 52 valence electrons. The predicted octanol–water partition coefficient (Wildman–Crippen LogP) is -1.62. The van der Waals surface area contributed by atoms with E-state index in [0.717, 1.165) is 13.2 Å². The number of amides is 1. The molecule has 1 fully saturated rings. The average Bonchev–Trinajstić information content (AvgIpc) is 2.15. The van der Waals surface area contributed by atoms with E-state index in [4.69, 9.17) is 5.73 Å². The lowest BCUT2D eigenvalue weighted by Crippen LogP contribution is -2.29. The van der Waals surface area contributed by atoms with Gasteiger partial charge in [0.15, 0.2) is 0 Å². The van der Waals surface area contributed by atoms with Crippen LogP contribution in [0.15, 0.2) is 0 Å². The van der Waals surface area contributed by atoms with Crippen LogP contribution < -0.4 is 16.4 Å². The normalized spacial score (nSPS) is 26.4. The highest BCUT2D eigenvalue weighted by Gasteiger charge is 2.14. The lowest BCUT2D eigenvalue weighted by molar-refractivity contribution is -0.118. The second kappa shape index (κ2) is 2.80. The molecule has 9 heavy (non-hydrogen) atoms. The lowest BCUT2D eigenvalue weighted by atomic mass is 10.2. The minimum Gasteiger partial charge on any atom is -0.370 e. The molecule has 0 bridgehead atoms. The van der Waals surface area contributed by atoms with Crippen molar-refractivity contribution in [2.24, 2.45) is 5.73 Å². The maximum atomic E-state index is 10.3. The number of primary amides is 1. The van der Waals surface area contributed by atoms with Gasteiger partial charge in [-0.25, -0.2) is 0 Å². The van der Waals surface area contributed by atoms with Crippen molar-refractivity contribution in [1.82, 2.24) is 10.6 Å². The summed E-state index contributed by atoms with van der Waals surface area (Å²) in [5.41, 5.74) is 4.97. The first-order valence-corrected chi connectivity index (χ1v) is 3.01. The Morgan fingerprint density at radius 1 is 1.78 bits per heavy atom. The van der Waals surface area contributed by atoms with Crippen molar-refractivity contribution in [2.75, 3.05) is 13.2 Å². The van der Waals surface area contributed by atoms with Gasteiger partial charge in [0.05, 0.1) is 0 Å². The largest absolute Gasteiger partial charge is 0.370 e. The molecule has 0 radical (unpaired) electrons. The molecule has 1 heterocycles. The van der Waals surface area contributed by atoms with Gasteiger partial charge >= 0.3 is 0 Å². The Labute approximate surface area is 53.8 Å². The summed E-state index contributed by atoms with van der Waals surface area (Å²) in [7, 11) is 0. The predicted molar refractivity (Wildman–Crippen MR) is 33.6 cm³/mol. The van der Waals surface area contributed by atoms with Crippen LogP contribution in [0.3, 0.4) is 0 Å². The third-order valence-electron chi connectivity index (χ3n) is 1.35. The van der Waals surface area contributed by atoms with Gasteiger partial charge < -0.3 is 11.1 Å². The third kappa shape index (κ3) is 1.99. The highest BCUT2D eigenvalue weighted by molar-refractivity contribution is 5.74. The van der Waals surface area contributed by atoms with Crippen LogP contribution in [0.5, 0.6) is 0 Å². The van der Waals surface area contributed by atoms with Crippen LogP contribution >= 0.6 is 0 Å². The molecule has 1 amide bonds. The second-order valence-corrected chi connectivity index (χ2v) is 2.20. The molecule has 0 aliphatic carbocycles. The van der Waals surface area contributed by atoms with E-state index in [1.807, 2.05) is 0 Å². The quantitative estimate of drug-likeness (QED) is 0.420. The molecule has 1 atom stereocenters. The van der Waals surface area contributed by atoms with E-state index < -0.39 is 0 Å². The number of hydrogen-bond acceptors (Lipinski definition) is 3. The molecule has 1 saturated heterocycles. The van der Waals surface area contributed by atoms with E-state index in [-0.39, 0.29) is 11.9 Å². The molecule has 1 aliphatic heterocycles. The summed E-state index contributed by atoms with van der Waals surface area (Å²) in [6.45, 7) is 1.64. The van der Waals surface area contributed by atoms with Crippen molar-refractivity contribution >= 4 is 5.91 Å². The van der Waals surface area contributed by atoms with Crippen LogP contribution in [0.2, 0.25) is 0 Å². The Hall–Kier alpha value is -0.610. The highest BCUT2D eigenvalue weighted by Crippen LogP contribution is 1.92. The fourth-order valence-electron chi connectivity index (χ4n) is 0.922. The first-order valence-electron chi connectivity index (χ1n) is 3.01. The Balaban J connectivity index is 2.19. The molecule has 1 aliphatic rings. The van der Waals surface area contributed by atoms with Gasteiger partial charge in [-0.1, -0.05) is 0 Å². The fourth-order valence-corrected chi connectivity index (χ4v) is 0.922. The molecule has 0 aromatic carbocycles. The van der Waals surface area contributed by atoms with E-state index in [9.17, 15) is 4.79 Å². The van der Waals surface area contributed by atoms with Crippen LogP contribution in [0.4, 0.5) is 0 Å². The summed E-state index contributed by atoms with van der Waals surface area (Å²) in [6, 6.07) is 0.252.